The predicted molar refractivity (Wildman–Crippen MR) is 82.3 cm³/mol. The smallest absolute Gasteiger partial charge is 0.276 e. The van der Waals surface area contributed by atoms with Crippen LogP contribution in [-0.4, -0.2) is 55.5 Å². The van der Waals surface area contributed by atoms with Crippen LogP contribution in [0.2, 0.25) is 0 Å². The summed E-state index contributed by atoms with van der Waals surface area (Å²) in [5.41, 5.74) is 0.686. The number of ether oxygens (including phenoxy) is 2. The van der Waals surface area contributed by atoms with Crippen molar-refractivity contribution in [2.75, 3.05) is 33.4 Å². The van der Waals surface area contributed by atoms with Gasteiger partial charge in [-0.15, -0.1) is 0 Å². The van der Waals surface area contributed by atoms with E-state index in [0.717, 1.165) is 57.6 Å². The summed E-state index contributed by atoms with van der Waals surface area (Å²) in [4.78, 5) is 14.5. The zero-order valence-corrected chi connectivity index (χ0v) is 13.6. The summed E-state index contributed by atoms with van der Waals surface area (Å²) in [6.07, 6.45) is 5.53. The maximum absolute atomic E-state index is 12.6. The van der Waals surface area contributed by atoms with Gasteiger partial charge in [0, 0.05) is 32.2 Å². The zero-order chi connectivity index (χ0) is 15.9. The molecule has 1 aromatic heterocycles. The molecule has 2 aliphatic heterocycles. The van der Waals surface area contributed by atoms with Gasteiger partial charge >= 0.3 is 0 Å². The molecule has 1 unspecified atom stereocenters. The van der Waals surface area contributed by atoms with Gasteiger partial charge in [-0.05, 0) is 37.5 Å². The molecule has 1 atom stereocenters. The number of amides is 1. The topological polar surface area (TPSA) is 64.8 Å². The van der Waals surface area contributed by atoms with Crippen LogP contribution in [-0.2, 0) is 9.47 Å². The number of piperidine rings is 1. The van der Waals surface area contributed by atoms with Crippen LogP contribution in [0.4, 0.5) is 0 Å². The molecule has 1 aromatic rings. The number of carbonyl (C=O) groups is 1. The summed E-state index contributed by atoms with van der Waals surface area (Å²) in [5, 5.41) is 3.97. The summed E-state index contributed by atoms with van der Waals surface area (Å²) in [6, 6.07) is 1.83. The van der Waals surface area contributed by atoms with Crippen molar-refractivity contribution in [2.45, 2.75) is 44.1 Å². The van der Waals surface area contributed by atoms with Gasteiger partial charge in [0.25, 0.3) is 5.91 Å². The van der Waals surface area contributed by atoms with Gasteiger partial charge in [-0.25, -0.2) is 0 Å². The van der Waals surface area contributed by atoms with Crippen LogP contribution in [0.3, 0.4) is 0 Å². The number of rotatable bonds is 4. The number of aromatic nitrogens is 1. The minimum atomic E-state index is 0.00265. The Morgan fingerprint density at radius 3 is 2.91 bits per heavy atom. The normalized spacial score (nSPS) is 26.8. The fourth-order valence-corrected chi connectivity index (χ4v) is 3.83. The van der Waals surface area contributed by atoms with E-state index in [4.69, 9.17) is 14.0 Å². The van der Waals surface area contributed by atoms with E-state index in [2.05, 4.69) is 5.16 Å². The second kappa shape index (κ2) is 5.91. The Labute approximate surface area is 136 Å². The Morgan fingerprint density at radius 2 is 2.22 bits per heavy atom. The van der Waals surface area contributed by atoms with E-state index in [1.54, 1.807) is 7.11 Å². The Hall–Kier alpha value is -1.40. The molecule has 1 saturated carbocycles. The van der Waals surface area contributed by atoms with E-state index in [-0.39, 0.29) is 17.4 Å². The Morgan fingerprint density at radius 1 is 1.43 bits per heavy atom. The van der Waals surface area contributed by atoms with Gasteiger partial charge in [0.05, 0.1) is 19.3 Å². The molecule has 3 heterocycles. The van der Waals surface area contributed by atoms with Gasteiger partial charge in [0.15, 0.2) is 5.69 Å². The lowest BCUT2D eigenvalue weighted by atomic mass is 9.76. The molecule has 126 valence electrons. The van der Waals surface area contributed by atoms with Crippen LogP contribution >= 0.6 is 0 Å². The van der Waals surface area contributed by atoms with E-state index in [1.165, 1.54) is 0 Å². The zero-order valence-electron chi connectivity index (χ0n) is 13.6. The van der Waals surface area contributed by atoms with Crippen LogP contribution in [0.5, 0.6) is 0 Å². The molecular weight excluding hydrogens is 296 g/mol. The largest absolute Gasteiger partial charge is 0.382 e. The highest BCUT2D eigenvalue weighted by molar-refractivity contribution is 5.92. The van der Waals surface area contributed by atoms with Gasteiger partial charge < -0.3 is 18.9 Å². The lowest BCUT2D eigenvalue weighted by Crippen LogP contribution is -2.43. The minimum absolute atomic E-state index is 0.00265. The monoisotopic (exact) mass is 320 g/mol. The van der Waals surface area contributed by atoms with Crippen molar-refractivity contribution in [2.24, 2.45) is 5.41 Å². The molecule has 23 heavy (non-hydrogen) atoms. The van der Waals surface area contributed by atoms with Crippen LogP contribution in [0.1, 0.15) is 54.3 Å². The Kier molecular flexibility index (Phi) is 3.89. The molecule has 6 nitrogen and oxygen atoms in total. The minimum Gasteiger partial charge on any atom is -0.382 e. The van der Waals surface area contributed by atoms with Crippen LogP contribution in [0, 0.1) is 5.41 Å². The first kappa shape index (κ1) is 15.1. The second-order valence-corrected chi connectivity index (χ2v) is 7.27. The molecule has 0 radical (unpaired) electrons. The summed E-state index contributed by atoms with van der Waals surface area (Å²) in [7, 11) is 1.71. The predicted octanol–water partition coefficient (Wildman–Crippen LogP) is 2.21. The third kappa shape index (κ3) is 3.02. The molecule has 0 aromatic carbocycles. The van der Waals surface area contributed by atoms with Crippen molar-refractivity contribution >= 4 is 5.91 Å². The second-order valence-electron chi connectivity index (χ2n) is 7.27. The SMILES string of the molecule is COCC1CC2(CCN(C(=O)c3cc(C4CC4)on3)CC2)CO1. The average molecular weight is 320 g/mol. The molecule has 1 spiro atoms. The number of likely N-dealkylation sites (tertiary alicyclic amines) is 1. The maximum atomic E-state index is 12.6. The first-order chi connectivity index (χ1) is 11.2. The lowest BCUT2D eigenvalue weighted by molar-refractivity contribution is 0.0279. The number of methoxy groups -OCH3 is 1. The molecule has 1 amide bonds. The summed E-state index contributed by atoms with van der Waals surface area (Å²) < 4.78 is 16.3. The van der Waals surface area contributed by atoms with Gasteiger partial charge in [0.2, 0.25) is 0 Å². The van der Waals surface area contributed by atoms with Gasteiger partial charge in [-0.2, -0.15) is 0 Å². The van der Waals surface area contributed by atoms with Crippen LogP contribution in [0.15, 0.2) is 10.6 Å². The highest BCUT2D eigenvalue weighted by Gasteiger charge is 2.43. The number of hydrogen-bond donors (Lipinski definition) is 0. The third-order valence-corrected chi connectivity index (χ3v) is 5.48. The lowest BCUT2D eigenvalue weighted by Gasteiger charge is -2.38. The van der Waals surface area contributed by atoms with Crippen molar-refractivity contribution in [3.05, 3.63) is 17.5 Å². The maximum Gasteiger partial charge on any atom is 0.276 e. The number of nitrogens with zero attached hydrogens (tertiary/aromatic N) is 2. The summed E-state index contributed by atoms with van der Waals surface area (Å²) in [5.74, 6) is 1.36. The van der Waals surface area contributed by atoms with Gasteiger partial charge in [0.1, 0.15) is 5.76 Å². The molecule has 3 aliphatic rings. The van der Waals surface area contributed by atoms with Gasteiger partial charge in [-0.1, -0.05) is 5.16 Å². The first-order valence-electron chi connectivity index (χ1n) is 8.56. The van der Waals surface area contributed by atoms with Crippen LogP contribution in [0.25, 0.3) is 0 Å². The third-order valence-electron chi connectivity index (χ3n) is 5.48. The van der Waals surface area contributed by atoms with E-state index in [9.17, 15) is 4.79 Å². The molecule has 4 rings (SSSR count). The summed E-state index contributed by atoms with van der Waals surface area (Å²) in [6.45, 7) is 2.99. The van der Waals surface area contributed by atoms with E-state index < -0.39 is 0 Å². The van der Waals surface area contributed by atoms with Crippen molar-refractivity contribution in [3.8, 4) is 0 Å². The van der Waals surface area contributed by atoms with E-state index >= 15 is 0 Å². The molecule has 3 fully saturated rings. The van der Waals surface area contributed by atoms with Crippen molar-refractivity contribution in [3.63, 3.8) is 0 Å². The van der Waals surface area contributed by atoms with Crippen LogP contribution < -0.4 is 0 Å². The van der Waals surface area contributed by atoms with Crippen molar-refractivity contribution in [1.82, 2.24) is 10.1 Å². The van der Waals surface area contributed by atoms with Crippen molar-refractivity contribution < 1.29 is 18.8 Å². The van der Waals surface area contributed by atoms with Crippen molar-refractivity contribution in [1.29, 1.82) is 0 Å². The average Bonchev–Trinajstić information content (AvgIpc) is 3.17. The molecular formula is C17H24N2O4. The Bertz CT molecular complexity index is 573. The molecule has 0 bridgehead atoms. The number of carbonyl (C=O) groups excluding carboxylic acids is 1. The first-order valence-corrected chi connectivity index (χ1v) is 8.56. The standard InChI is InChI=1S/C17H24N2O4/c1-21-10-13-9-17(11-22-13)4-6-19(7-5-17)16(20)14-8-15(23-18-14)12-2-3-12/h8,12-13H,2-7,9-11H2,1H3. The summed E-state index contributed by atoms with van der Waals surface area (Å²) >= 11 is 0. The van der Waals surface area contributed by atoms with E-state index in [1.807, 2.05) is 11.0 Å². The molecule has 1 aliphatic carbocycles. The quantitative estimate of drug-likeness (QED) is 0.851. The fourth-order valence-electron chi connectivity index (χ4n) is 3.83. The Balaban J connectivity index is 1.34. The highest BCUT2D eigenvalue weighted by Crippen LogP contribution is 2.43. The molecule has 2 saturated heterocycles. The van der Waals surface area contributed by atoms with E-state index in [0.29, 0.717) is 18.2 Å². The highest BCUT2D eigenvalue weighted by atomic mass is 16.5. The van der Waals surface area contributed by atoms with Gasteiger partial charge in [-0.3, -0.25) is 4.79 Å². The molecule has 0 N–H and O–H groups in total. The number of hydrogen-bond acceptors (Lipinski definition) is 5. The molecule has 6 heteroatoms. The fraction of sp³-hybridized carbons (Fsp3) is 0.765.